The number of nitrogens with two attached hydrogens (primary N) is 2. The Bertz CT molecular complexity index is 469. The van der Waals surface area contributed by atoms with E-state index in [1.165, 1.54) is 4.57 Å². The smallest absolute Gasteiger partial charge is 0.330 e. The van der Waals surface area contributed by atoms with Gasteiger partial charge < -0.3 is 11.5 Å². The lowest BCUT2D eigenvalue weighted by Crippen LogP contribution is -2.38. The van der Waals surface area contributed by atoms with E-state index in [1.54, 1.807) is 0 Å². The largest absolute Gasteiger partial charge is 0.391 e. The molecule has 1 aliphatic carbocycles. The minimum absolute atomic E-state index is 0.0727. The van der Waals surface area contributed by atoms with Crippen LogP contribution < -0.4 is 22.7 Å². The Kier molecular flexibility index (Phi) is 1.83. The summed E-state index contributed by atoms with van der Waals surface area (Å²) in [5.41, 5.74) is 9.91. The highest BCUT2D eigenvalue weighted by Crippen LogP contribution is 2.32. The molecule has 0 radical (unpaired) electrons. The third-order valence-corrected chi connectivity index (χ3v) is 2.66. The highest BCUT2D eigenvalue weighted by Gasteiger charge is 2.23. The number of nitrogens with zero attached hydrogens (tertiary/aromatic N) is 1. The summed E-state index contributed by atoms with van der Waals surface area (Å²) in [4.78, 5) is 24.6. The van der Waals surface area contributed by atoms with Crippen LogP contribution in [0.5, 0.6) is 0 Å². The van der Waals surface area contributed by atoms with Crippen molar-refractivity contribution in [1.82, 2.24) is 9.55 Å². The Morgan fingerprint density at radius 1 is 1.29 bits per heavy atom. The van der Waals surface area contributed by atoms with Gasteiger partial charge in [-0.2, -0.15) is 0 Å². The number of hydrogen-bond donors (Lipinski definition) is 3. The molecule has 1 aliphatic rings. The summed E-state index contributed by atoms with van der Waals surface area (Å²) in [5.74, 6) is 0.0865. The fourth-order valence-electron chi connectivity index (χ4n) is 1.59. The van der Waals surface area contributed by atoms with E-state index >= 15 is 0 Å². The summed E-state index contributed by atoms with van der Waals surface area (Å²) in [7, 11) is 0. The van der Waals surface area contributed by atoms with Crippen molar-refractivity contribution >= 4 is 11.5 Å². The van der Waals surface area contributed by atoms with E-state index in [4.69, 9.17) is 11.5 Å². The van der Waals surface area contributed by atoms with Gasteiger partial charge in [0.2, 0.25) is 0 Å². The summed E-state index contributed by atoms with van der Waals surface area (Å²) in [6.45, 7) is 0. The van der Waals surface area contributed by atoms with E-state index in [-0.39, 0.29) is 17.5 Å². The van der Waals surface area contributed by atoms with Crippen molar-refractivity contribution in [2.75, 3.05) is 11.5 Å². The molecule has 2 rings (SSSR count). The Morgan fingerprint density at radius 3 is 2.43 bits per heavy atom. The molecule has 1 saturated carbocycles. The molecule has 1 aromatic rings. The molecule has 0 unspecified atom stereocenters. The summed E-state index contributed by atoms with van der Waals surface area (Å²) in [6.07, 6.45) is 2.90. The van der Waals surface area contributed by atoms with Crippen LogP contribution in [-0.2, 0) is 0 Å². The second kappa shape index (κ2) is 2.90. The van der Waals surface area contributed by atoms with E-state index < -0.39 is 11.2 Å². The average Bonchev–Trinajstić information content (AvgIpc) is 2.05. The first-order chi connectivity index (χ1) is 6.61. The van der Waals surface area contributed by atoms with E-state index in [2.05, 4.69) is 4.98 Å². The average molecular weight is 196 g/mol. The predicted octanol–water partition coefficient (Wildman–Crippen LogP) is -0.574. The molecule has 1 aromatic heterocycles. The summed E-state index contributed by atoms with van der Waals surface area (Å²) in [6, 6.07) is 0.0987. The SMILES string of the molecule is Nc1c(N)n(C2CCC2)c(=O)[nH]c1=O. The highest BCUT2D eigenvalue weighted by atomic mass is 16.2. The zero-order valence-corrected chi connectivity index (χ0v) is 7.62. The van der Waals surface area contributed by atoms with Crippen LogP contribution in [0.3, 0.4) is 0 Å². The fraction of sp³-hybridized carbons (Fsp3) is 0.500. The van der Waals surface area contributed by atoms with E-state index in [1.807, 2.05) is 0 Å². The van der Waals surface area contributed by atoms with Crippen molar-refractivity contribution in [3.05, 3.63) is 20.8 Å². The van der Waals surface area contributed by atoms with Gasteiger partial charge in [-0.3, -0.25) is 14.3 Å². The maximum Gasteiger partial charge on any atom is 0.330 e. The quantitative estimate of drug-likeness (QED) is 0.558. The van der Waals surface area contributed by atoms with Crippen molar-refractivity contribution in [1.29, 1.82) is 0 Å². The predicted molar refractivity (Wildman–Crippen MR) is 53.0 cm³/mol. The minimum atomic E-state index is -0.608. The Balaban J connectivity index is 2.64. The van der Waals surface area contributed by atoms with Gasteiger partial charge in [-0.15, -0.1) is 0 Å². The first-order valence-corrected chi connectivity index (χ1v) is 4.51. The van der Waals surface area contributed by atoms with Crippen LogP contribution in [0.15, 0.2) is 9.59 Å². The van der Waals surface area contributed by atoms with Crippen molar-refractivity contribution in [2.45, 2.75) is 25.3 Å². The third-order valence-electron chi connectivity index (χ3n) is 2.66. The number of aromatic amines is 1. The first kappa shape index (κ1) is 8.86. The van der Waals surface area contributed by atoms with Gasteiger partial charge in [-0.1, -0.05) is 0 Å². The van der Waals surface area contributed by atoms with Gasteiger partial charge in [-0.05, 0) is 19.3 Å². The molecule has 6 nitrogen and oxygen atoms in total. The molecule has 0 atom stereocenters. The Hall–Kier alpha value is -1.72. The molecule has 76 valence electrons. The Labute approximate surface area is 79.5 Å². The molecule has 0 spiro atoms. The van der Waals surface area contributed by atoms with Crippen LogP contribution in [0, 0.1) is 0 Å². The number of nitrogen functional groups attached to an aromatic ring is 2. The second-order valence-corrected chi connectivity index (χ2v) is 3.51. The molecular formula is C8H12N4O2. The summed E-state index contributed by atoms with van der Waals surface area (Å²) >= 11 is 0. The van der Waals surface area contributed by atoms with Gasteiger partial charge in [-0.25, -0.2) is 4.79 Å². The van der Waals surface area contributed by atoms with Crippen molar-refractivity contribution in [2.24, 2.45) is 0 Å². The van der Waals surface area contributed by atoms with E-state index in [9.17, 15) is 9.59 Å². The topological polar surface area (TPSA) is 107 Å². The molecule has 1 fully saturated rings. The number of nitrogens with one attached hydrogen (secondary N) is 1. The number of hydrogen-bond acceptors (Lipinski definition) is 4. The van der Waals surface area contributed by atoms with Crippen molar-refractivity contribution in [3.8, 4) is 0 Å². The van der Waals surface area contributed by atoms with E-state index in [0.717, 1.165) is 19.3 Å². The van der Waals surface area contributed by atoms with Crippen molar-refractivity contribution in [3.63, 3.8) is 0 Å². The normalized spacial score (nSPS) is 16.6. The van der Waals surface area contributed by atoms with Crippen LogP contribution in [0.4, 0.5) is 11.5 Å². The number of rotatable bonds is 1. The minimum Gasteiger partial charge on any atom is -0.391 e. The summed E-state index contributed by atoms with van der Waals surface area (Å²) < 4.78 is 1.38. The molecule has 1 heterocycles. The van der Waals surface area contributed by atoms with Crippen molar-refractivity contribution < 1.29 is 0 Å². The maximum atomic E-state index is 11.4. The zero-order valence-electron chi connectivity index (χ0n) is 7.62. The molecule has 0 amide bonds. The van der Waals surface area contributed by atoms with Gasteiger partial charge in [0.1, 0.15) is 11.5 Å². The lowest BCUT2D eigenvalue weighted by atomic mass is 9.93. The van der Waals surface area contributed by atoms with Gasteiger partial charge in [0.15, 0.2) is 0 Å². The maximum absolute atomic E-state index is 11.4. The summed E-state index contributed by atoms with van der Waals surface area (Å²) in [5, 5.41) is 0. The van der Waals surface area contributed by atoms with Crippen LogP contribution >= 0.6 is 0 Å². The molecule has 0 aromatic carbocycles. The van der Waals surface area contributed by atoms with Crippen LogP contribution in [-0.4, -0.2) is 9.55 Å². The molecule has 0 bridgehead atoms. The molecular weight excluding hydrogens is 184 g/mol. The number of aromatic nitrogens is 2. The number of H-pyrrole nitrogens is 1. The molecule has 6 heteroatoms. The van der Waals surface area contributed by atoms with Gasteiger partial charge in [0.05, 0.1) is 0 Å². The lowest BCUT2D eigenvalue weighted by Gasteiger charge is -2.28. The molecule has 0 aliphatic heterocycles. The van der Waals surface area contributed by atoms with Crippen LogP contribution in [0.1, 0.15) is 25.3 Å². The monoisotopic (exact) mass is 196 g/mol. The second-order valence-electron chi connectivity index (χ2n) is 3.51. The fourth-order valence-corrected chi connectivity index (χ4v) is 1.59. The zero-order chi connectivity index (χ0) is 10.3. The standard InChI is InChI=1S/C8H12N4O2/c9-5-6(10)12(4-2-1-3-4)8(14)11-7(5)13/h4H,1-3,9-10H2,(H,11,13,14). The van der Waals surface area contributed by atoms with Crippen LogP contribution in [0.2, 0.25) is 0 Å². The van der Waals surface area contributed by atoms with Gasteiger partial charge >= 0.3 is 5.69 Å². The molecule has 14 heavy (non-hydrogen) atoms. The Morgan fingerprint density at radius 2 is 1.93 bits per heavy atom. The van der Waals surface area contributed by atoms with E-state index in [0.29, 0.717) is 0 Å². The lowest BCUT2D eigenvalue weighted by molar-refractivity contribution is 0.306. The van der Waals surface area contributed by atoms with Crippen LogP contribution in [0.25, 0.3) is 0 Å². The number of anilines is 2. The first-order valence-electron chi connectivity index (χ1n) is 4.51. The molecule has 5 N–H and O–H groups in total. The van der Waals surface area contributed by atoms with Gasteiger partial charge in [0, 0.05) is 6.04 Å². The molecule has 0 saturated heterocycles. The van der Waals surface area contributed by atoms with Gasteiger partial charge in [0.25, 0.3) is 5.56 Å². The third kappa shape index (κ3) is 1.11. The highest BCUT2D eigenvalue weighted by molar-refractivity contribution is 5.56.